The van der Waals surface area contributed by atoms with E-state index in [1.807, 2.05) is 0 Å². The lowest BCUT2D eigenvalue weighted by atomic mass is 9.51. The zero-order valence-electron chi connectivity index (χ0n) is 12.2. The Balaban J connectivity index is 1.53. The van der Waals surface area contributed by atoms with Crippen molar-refractivity contribution >= 4 is 5.78 Å². The molecular weight excluding hydrogens is 232 g/mol. The van der Waals surface area contributed by atoms with Gasteiger partial charge in [-0.1, -0.05) is 19.3 Å². The van der Waals surface area contributed by atoms with Crippen molar-refractivity contribution in [2.45, 2.75) is 70.6 Å². The highest BCUT2D eigenvalue weighted by molar-refractivity contribution is 5.79. The van der Waals surface area contributed by atoms with E-state index in [1.54, 1.807) is 0 Å². The molecule has 0 aromatic carbocycles. The van der Waals surface area contributed by atoms with Crippen LogP contribution in [0.4, 0.5) is 0 Å². The quantitative estimate of drug-likeness (QED) is 0.622. The molecule has 1 nitrogen and oxygen atoms in total. The molecule has 4 aliphatic rings. The van der Waals surface area contributed by atoms with Crippen molar-refractivity contribution in [2.24, 2.45) is 35.5 Å². The molecule has 0 heterocycles. The maximum absolute atomic E-state index is 11.7. The van der Waals surface area contributed by atoms with Crippen molar-refractivity contribution in [3.63, 3.8) is 0 Å². The fraction of sp³-hybridized carbons (Fsp3) is 0.944. The molecule has 6 unspecified atom stereocenters. The standard InChI is InChI=1S/C18H28O/c19-14-7-10-16-13(11-14)6-9-17-15-4-2-1-3-12(15)5-8-18(16)17/h12-13,15-18H,1-11H2. The Morgan fingerprint density at radius 2 is 1.32 bits per heavy atom. The van der Waals surface area contributed by atoms with Gasteiger partial charge in [0.15, 0.2) is 0 Å². The first-order valence-electron chi connectivity index (χ1n) is 8.84. The van der Waals surface area contributed by atoms with E-state index >= 15 is 0 Å². The molecule has 19 heavy (non-hydrogen) atoms. The van der Waals surface area contributed by atoms with Gasteiger partial charge in [-0.15, -0.1) is 0 Å². The molecule has 4 fully saturated rings. The lowest BCUT2D eigenvalue weighted by Crippen LogP contribution is -2.46. The summed E-state index contributed by atoms with van der Waals surface area (Å²) in [5.74, 6) is 6.48. The second-order valence-electron chi connectivity index (χ2n) is 7.90. The summed E-state index contributed by atoms with van der Waals surface area (Å²) >= 11 is 0. The van der Waals surface area contributed by atoms with E-state index in [0.29, 0.717) is 5.78 Å². The molecule has 0 saturated heterocycles. The summed E-state index contributed by atoms with van der Waals surface area (Å²) in [7, 11) is 0. The van der Waals surface area contributed by atoms with Gasteiger partial charge in [-0.3, -0.25) is 4.79 Å². The van der Waals surface area contributed by atoms with Crippen LogP contribution in [0.1, 0.15) is 70.6 Å². The maximum atomic E-state index is 11.7. The summed E-state index contributed by atoms with van der Waals surface area (Å²) < 4.78 is 0. The molecule has 6 atom stereocenters. The van der Waals surface area contributed by atoms with Gasteiger partial charge < -0.3 is 0 Å². The third-order valence-corrected chi connectivity index (χ3v) is 7.21. The Hall–Kier alpha value is -0.330. The molecule has 0 aromatic heterocycles. The van der Waals surface area contributed by atoms with Crippen molar-refractivity contribution < 1.29 is 4.79 Å². The molecule has 106 valence electrons. The highest BCUT2D eigenvalue weighted by atomic mass is 16.1. The van der Waals surface area contributed by atoms with Gasteiger partial charge in [-0.2, -0.15) is 0 Å². The number of hydrogen-bond acceptors (Lipinski definition) is 1. The van der Waals surface area contributed by atoms with Crippen LogP contribution >= 0.6 is 0 Å². The highest BCUT2D eigenvalue weighted by Crippen LogP contribution is 2.56. The average Bonchev–Trinajstić information content (AvgIpc) is 2.46. The largest absolute Gasteiger partial charge is 0.300 e. The third-order valence-electron chi connectivity index (χ3n) is 7.21. The van der Waals surface area contributed by atoms with Gasteiger partial charge in [0.25, 0.3) is 0 Å². The monoisotopic (exact) mass is 260 g/mol. The number of hydrogen-bond donors (Lipinski definition) is 0. The van der Waals surface area contributed by atoms with Crippen molar-refractivity contribution in [1.29, 1.82) is 0 Å². The zero-order valence-corrected chi connectivity index (χ0v) is 12.2. The second-order valence-corrected chi connectivity index (χ2v) is 7.90. The van der Waals surface area contributed by atoms with Crippen LogP contribution in [0.15, 0.2) is 0 Å². The predicted octanol–water partition coefficient (Wildman–Crippen LogP) is 4.60. The molecule has 0 aliphatic heterocycles. The van der Waals surface area contributed by atoms with Crippen LogP contribution in [0.25, 0.3) is 0 Å². The SMILES string of the molecule is O=C1CCC2C(CCC3C4CCCCC4CCC23)C1. The van der Waals surface area contributed by atoms with Gasteiger partial charge >= 0.3 is 0 Å². The lowest BCUT2D eigenvalue weighted by molar-refractivity contribution is -0.126. The minimum absolute atomic E-state index is 0.561. The Morgan fingerprint density at radius 3 is 2.16 bits per heavy atom. The predicted molar refractivity (Wildman–Crippen MR) is 76.7 cm³/mol. The van der Waals surface area contributed by atoms with Gasteiger partial charge in [0.1, 0.15) is 5.78 Å². The van der Waals surface area contributed by atoms with Crippen LogP contribution < -0.4 is 0 Å². The first kappa shape index (κ1) is 12.4. The molecule has 0 amide bonds. The van der Waals surface area contributed by atoms with Gasteiger partial charge in [0.05, 0.1) is 0 Å². The van der Waals surface area contributed by atoms with Gasteiger partial charge in [-0.05, 0) is 74.0 Å². The van der Waals surface area contributed by atoms with Crippen molar-refractivity contribution in [1.82, 2.24) is 0 Å². The molecule has 1 heteroatoms. The fourth-order valence-corrected chi connectivity index (χ4v) is 6.45. The molecule has 0 bridgehead atoms. The van der Waals surface area contributed by atoms with Crippen LogP contribution in [-0.2, 0) is 4.79 Å². The summed E-state index contributed by atoms with van der Waals surface area (Å²) in [4.78, 5) is 11.7. The number of Topliss-reactive ketones (excluding diaryl/α,β-unsaturated/α-hetero) is 1. The molecular formula is C18H28O. The molecule has 0 radical (unpaired) electrons. The summed E-state index contributed by atoms with van der Waals surface area (Å²) in [6, 6.07) is 0. The van der Waals surface area contributed by atoms with E-state index < -0.39 is 0 Å². The van der Waals surface area contributed by atoms with Crippen molar-refractivity contribution in [3.05, 3.63) is 0 Å². The highest BCUT2D eigenvalue weighted by Gasteiger charge is 2.48. The Morgan fingerprint density at radius 1 is 0.632 bits per heavy atom. The maximum Gasteiger partial charge on any atom is 0.133 e. The fourth-order valence-electron chi connectivity index (χ4n) is 6.45. The van der Waals surface area contributed by atoms with E-state index in [9.17, 15) is 4.79 Å². The van der Waals surface area contributed by atoms with Crippen molar-refractivity contribution in [3.8, 4) is 0 Å². The first-order valence-corrected chi connectivity index (χ1v) is 8.84. The Labute approximate surface area is 117 Å². The minimum atomic E-state index is 0.561. The first-order chi connectivity index (χ1) is 9.33. The van der Waals surface area contributed by atoms with E-state index in [1.165, 1.54) is 57.8 Å². The average molecular weight is 260 g/mol. The molecule has 4 saturated carbocycles. The number of rotatable bonds is 0. The van der Waals surface area contributed by atoms with Crippen LogP contribution in [-0.4, -0.2) is 5.78 Å². The van der Waals surface area contributed by atoms with Crippen molar-refractivity contribution in [2.75, 3.05) is 0 Å². The smallest absolute Gasteiger partial charge is 0.133 e. The molecule has 4 aliphatic carbocycles. The topological polar surface area (TPSA) is 17.1 Å². The summed E-state index contributed by atoms with van der Waals surface area (Å²) in [5, 5.41) is 0. The molecule has 0 aromatic rings. The van der Waals surface area contributed by atoms with Gasteiger partial charge in [0.2, 0.25) is 0 Å². The molecule has 4 rings (SSSR count). The Kier molecular flexibility index (Phi) is 3.20. The van der Waals surface area contributed by atoms with E-state index in [4.69, 9.17) is 0 Å². The lowest BCUT2D eigenvalue weighted by Gasteiger charge is -2.54. The number of carbonyl (C=O) groups is 1. The summed E-state index contributed by atoms with van der Waals surface area (Å²) in [6.07, 6.45) is 15.0. The van der Waals surface area contributed by atoms with E-state index in [0.717, 1.165) is 48.3 Å². The van der Waals surface area contributed by atoms with Crippen LogP contribution in [0.3, 0.4) is 0 Å². The Bertz CT molecular complexity index is 361. The van der Waals surface area contributed by atoms with E-state index in [-0.39, 0.29) is 0 Å². The summed E-state index contributed by atoms with van der Waals surface area (Å²) in [6.45, 7) is 0. The van der Waals surface area contributed by atoms with E-state index in [2.05, 4.69) is 0 Å². The van der Waals surface area contributed by atoms with Crippen LogP contribution in [0.2, 0.25) is 0 Å². The van der Waals surface area contributed by atoms with Crippen LogP contribution in [0, 0.1) is 35.5 Å². The number of fused-ring (bicyclic) bond motifs is 5. The third kappa shape index (κ3) is 2.08. The zero-order chi connectivity index (χ0) is 12.8. The number of ketones is 1. The van der Waals surface area contributed by atoms with Crippen LogP contribution in [0.5, 0.6) is 0 Å². The molecule has 0 N–H and O–H groups in total. The second kappa shape index (κ2) is 4.90. The number of carbonyl (C=O) groups excluding carboxylic acids is 1. The van der Waals surface area contributed by atoms with Gasteiger partial charge in [0, 0.05) is 12.8 Å². The minimum Gasteiger partial charge on any atom is -0.300 e. The molecule has 0 spiro atoms. The summed E-state index contributed by atoms with van der Waals surface area (Å²) in [5.41, 5.74) is 0. The van der Waals surface area contributed by atoms with Gasteiger partial charge in [-0.25, -0.2) is 0 Å². The normalized spacial score (nSPS) is 50.0.